The van der Waals surface area contributed by atoms with E-state index in [0.29, 0.717) is 25.9 Å². The van der Waals surface area contributed by atoms with Gasteiger partial charge in [-0.3, -0.25) is 0 Å². The average Bonchev–Trinajstić information content (AvgIpc) is 2.50. The van der Waals surface area contributed by atoms with E-state index in [1.54, 1.807) is 0 Å². The highest BCUT2D eigenvalue weighted by molar-refractivity contribution is 5.52. The van der Waals surface area contributed by atoms with Crippen molar-refractivity contribution in [1.29, 1.82) is 0 Å². The molecule has 0 bridgehead atoms. The summed E-state index contributed by atoms with van der Waals surface area (Å²) in [5.74, 6) is -9.41. The first-order valence-electron chi connectivity index (χ1n) is 6.97. The fourth-order valence-corrected chi connectivity index (χ4v) is 2.66. The molecule has 1 saturated heterocycles. The molecule has 0 radical (unpaired) electrons. The number of piperidine rings is 1. The van der Waals surface area contributed by atoms with E-state index in [1.165, 1.54) is 4.90 Å². The summed E-state index contributed by atoms with van der Waals surface area (Å²) in [7, 11) is 0. The number of halogens is 5. The maximum absolute atomic E-state index is 13.9. The number of anilines is 1. The summed E-state index contributed by atoms with van der Waals surface area (Å²) in [5.41, 5.74) is -0.811. The molecule has 0 amide bonds. The van der Waals surface area contributed by atoms with Crippen LogP contribution in [-0.2, 0) is 0 Å². The number of hydrogen-bond donors (Lipinski definition) is 1. The standard InChI is InChI=1S/C14H17F5N2/c1-2-20-7-8-5-3-4-6-21(8)14-12(18)10(16)9(15)11(17)13(14)19/h8,20H,2-7H2,1H3. The molecule has 1 heterocycles. The number of nitrogens with zero attached hydrogens (tertiary/aromatic N) is 1. The van der Waals surface area contributed by atoms with Gasteiger partial charge in [0.1, 0.15) is 5.69 Å². The number of hydrogen-bond acceptors (Lipinski definition) is 2. The van der Waals surface area contributed by atoms with Gasteiger partial charge in [-0.2, -0.15) is 0 Å². The van der Waals surface area contributed by atoms with Gasteiger partial charge in [-0.25, -0.2) is 22.0 Å². The maximum Gasteiger partial charge on any atom is 0.200 e. The van der Waals surface area contributed by atoms with E-state index in [9.17, 15) is 22.0 Å². The summed E-state index contributed by atoms with van der Waals surface area (Å²) >= 11 is 0. The van der Waals surface area contributed by atoms with Crippen LogP contribution in [0.5, 0.6) is 0 Å². The number of nitrogens with one attached hydrogen (secondary N) is 1. The van der Waals surface area contributed by atoms with Crippen LogP contribution >= 0.6 is 0 Å². The van der Waals surface area contributed by atoms with Crippen molar-refractivity contribution in [2.75, 3.05) is 24.5 Å². The Hall–Kier alpha value is -1.37. The summed E-state index contributed by atoms with van der Waals surface area (Å²) < 4.78 is 67.6. The minimum absolute atomic E-state index is 0.272. The first-order valence-corrected chi connectivity index (χ1v) is 6.97. The lowest BCUT2D eigenvalue weighted by Crippen LogP contribution is -2.46. The molecule has 1 fully saturated rings. The number of benzene rings is 1. The Morgan fingerprint density at radius 3 is 2.10 bits per heavy atom. The van der Waals surface area contributed by atoms with Crippen molar-refractivity contribution in [3.05, 3.63) is 29.1 Å². The van der Waals surface area contributed by atoms with Gasteiger partial charge in [0.25, 0.3) is 0 Å². The quantitative estimate of drug-likeness (QED) is 0.521. The van der Waals surface area contributed by atoms with Crippen LogP contribution in [0.4, 0.5) is 27.6 Å². The van der Waals surface area contributed by atoms with E-state index in [4.69, 9.17) is 0 Å². The van der Waals surface area contributed by atoms with Crippen molar-refractivity contribution < 1.29 is 22.0 Å². The third kappa shape index (κ3) is 2.97. The van der Waals surface area contributed by atoms with E-state index in [1.807, 2.05) is 6.92 Å². The molecule has 118 valence electrons. The molecule has 1 N–H and O–H groups in total. The molecular weight excluding hydrogens is 291 g/mol. The molecule has 1 atom stereocenters. The Labute approximate surface area is 119 Å². The molecule has 0 spiro atoms. The molecule has 21 heavy (non-hydrogen) atoms. The molecule has 7 heteroatoms. The summed E-state index contributed by atoms with van der Waals surface area (Å²) in [5, 5.41) is 3.05. The molecule has 2 rings (SSSR count). The van der Waals surface area contributed by atoms with Crippen molar-refractivity contribution in [3.8, 4) is 0 Å². The van der Waals surface area contributed by atoms with Gasteiger partial charge in [-0.15, -0.1) is 0 Å². The van der Waals surface area contributed by atoms with Crippen LogP contribution in [0.25, 0.3) is 0 Å². The fraction of sp³-hybridized carbons (Fsp3) is 0.571. The molecule has 0 saturated carbocycles. The van der Waals surface area contributed by atoms with Crippen molar-refractivity contribution in [1.82, 2.24) is 5.32 Å². The molecular formula is C14H17F5N2. The molecule has 0 aromatic heterocycles. The third-order valence-electron chi connectivity index (χ3n) is 3.73. The van der Waals surface area contributed by atoms with Gasteiger partial charge >= 0.3 is 0 Å². The first kappa shape index (κ1) is 16.0. The lowest BCUT2D eigenvalue weighted by atomic mass is 10.0. The Balaban J connectivity index is 2.43. The fourth-order valence-electron chi connectivity index (χ4n) is 2.66. The summed E-state index contributed by atoms with van der Waals surface area (Å²) in [6, 6.07) is -0.285. The second-order valence-corrected chi connectivity index (χ2v) is 5.07. The summed E-state index contributed by atoms with van der Waals surface area (Å²) in [6.45, 7) is 3.26. The zero-order valence-electron chi connectivity index (χ0n) is 11.7. The summed E-state index contributed by atoms with van der Waals surface area (Å²) in [6.07, 6.45) is 2.16. The van der Waals surface area contributed by atoms with E-state index < -0.39 is 34.8 Å². The zero-order chi connectivity index (χ0) is 15.6. The molecule has 0 aliphatic carbocycles. The second kappa shape index (κ2) is 6.60. The van der Waals surface area contributed by atoms with Crippen LogP contribution in [0.15, 0.2) is 0 Å². The number of rotatable bonds is 4. The van der Waals surface area contributed by atoms with Crippen LogP contribution in [0, 0.1) is 29.1 Å². The van der Waals surface area contributed by atoms with Gasteiger partial charge in [-0.1, -0.05) is 6.92 Å². The van der Waals surface area contributed by atoms with Crippen molar-refractivity contribution in [2.45, 2.75) is 32.2 Å². The minimum Gasteiger partial charge on any atom is -0.362 e. The van der Waals surface area contributed by atoms with E-state index >= 15 is 0 Å². The van der Waals surface area contributed by atoms with Crippen LogP contribution in [0.2, 0.25) is 0 Å². The van der Waals surface area contributed by atoms with Gasteiger partial charge in [0.15, 0.2) is 23.3 Å². The predicted octanol–water partition coefficient (Wildman–Crippen LogP) is 3.35. The maximum atomic E-state index is 13.9. The monoisotopic (exact) mass is 308 g/mol. The largest absolute Gasteiger partial charge is 0.362 e. The molecule has 1 unspecified atom stereocenters. The average molecular weight is 308 g/mol. The van der Waals surface area contributed by atoms with Gasteiger partial charge < -0.3 is 10.2 Å². The smallest absolute Gasteiger partial charge is 0.200 e. The predicted molar refractivity (Wildman–Crippen MR) is 69.8 cm³/mol. The van der Waals surface area contributed by atoms with Gasteiger partial charge in [0, 0.05) is 19.1 Å². The molecule has 1 aromatic rings. The molecule has 1 aliphatic heterocycles. The van der Waals surface area contributed by atoms with Crippen LogP contribution < -0.4 is 10.2 Å². The highest BCUT2D eigenvalue weighted by Crippen LogP contribution is 2.33. The Morgan fingerprint density at radius 2 is 1.52 bits per heavy atom. The van der Waals surface area contributed by atoms with Crippen LogP contribution in [0.3, 0.4) is 0 Å². The van der Waals surface area contributed by atoms with E-state index in [-0.39, 0.29) is 12.6 Å². The summed E-state index contributed by atoms with van der Waals surface area (Å²) in [4.78, 5) is 1.29. The second-order valence-electron chi connectivity index (χ2n) is 5.07. The van der Waals surface area contributed by atoms with Gasteiger partial charge in [0.05, 0.1) is 0 Å². The Kier molecular flexibility index (Phi) is 5.03. The van der Waals surface area contributed by atoms with Gasteiger partial charge in [0.2, 0.25) is 5.82 Å². The first-order chi connectivity index (χ1) is 9.99. The molecule has 1 aromatic carbocycles. The Bertz CT molecular complexity index is 492. The van der Waals surface area contributed by atoms with E-state index in [0.717, 1.165) is 6.42 Å². The highest BCUT2D eigenvalue weighted by Gasteiger charge is 2.33. The SMILES string of the molecule is CCNCC1CCCCN1c1c(F)c(F)c(F)c(F)c1F. The normalized spacial score (nSPS) is 19.1. The minimum atomic E-state index is -2.12. The number of likely N-dealkylation sites (N-methyl/N-ethyl adjacent to an activating group) is 1. The topological polar surface area (TPSA) is 15.3 Å². The lowest BCUT2D eigenvalue weighted by molar-refractivity contribution is 0.366. The third-order valence-corrected chi connectivity index (χ3v) is 3.73. The lowest BCUT2D eigenvalue weighted by Gasteiger charge is -2.38. The van der Waals surface area contributed by atoms with E-state index in [2.05, 4.69) is 5.32 Å². The Morgan fingerprint density at radius 1 is 0.952 bits per heavy atom. The van der Waals surface area contributed by atoms with Crippen molar-refractivity contribution in [2.24, 2.45) is 0 Å². The van der Waals surface area contributed by atoms with Crippen LogP contribution in [0.1, 0.15) is 26.2 Å². The molecule has 1 aliphatic rings. The molecule has 2 nitrogen and oxygen atoms in total. The van der Waals surface area contributed by atoms with Gasteiger partial charge in [-0.05, 0) is 25.8 Å². The highest BCUT2D eigenvalue weighted by atomic mass is 19.2. The zero-order valence-corrected chi connectivity index (χ0v) is 11.7. The van der Waals surface area contributed by atoms with Crippen molar-refractivity contribution >= 4 is 5.69 Å². The van der Waals surface area contributed by atoms with Crippen LogP contribution in [-0.4, -0.2) is 25.7 Å². The van der Waals surface area contributed by atoms with Crippen molar-refractivity contribution in [3.63, 3.8) is 0 Å².